The van der Waals surface area contributed by atoms with E-state index in [9.17, 15) is 5.11 Å². The summed E-state index contributed by atoms with van der Waals surface area (Å²) in [6.45, 7) is 1.81. The Hall–Kier alpha value is -1.13. The van der Waals surface area contributed by atoms with Crippen molar-refractivity contribution in [2.24, 2.45) is 7.05 Å². The summed E-state index contributed by atoms with van der Waals surface area (Å²) in [6, 6.07) is 9.64. The lowest BCUT2D eigenvalue weighted by molar-refractivity contribution is 0.0564. The van der Waals surface area contributed by atoms with Crippen molar-refractivity contribution in [3.05, 3.63) is 52.3 Å². The Morgan fingerprint density at radius 1 is 1.29 bits per heavy atom. The summed E-state index contributed by atoms with van der Waals surface area (Å²) < 4.78 is 2.75. The van der Waals surface area contributed by atoms with Crippen molar-refractivity contribution in [3.8, 4) is 0 Å². The first-order chi connectivity index (χ1) is 7.97. The molecule has 0 saturated carbocycles. The van der Waals surface area contributed by atoms with Crippen molar-refractivity contribution in [3.63, 3.8) is 0 Å². The molecule has 3 nitrogen and oxygen atoms in total. The summed E-state index contributed by atoms with van der Waals surface area (Å²) in [7, 11) is 1.87. The van der Waals surface area contributed by atoms with E-state index in [4.69, 9.17) is 0 Å². The van der Waals surface area contributed by atoms with Crippen LogP contribution in [0.5, 0.6) is 0 Å². The molecular formula is C13H15BrN2O. The zero-order valence-corrected chi connectivity index (χ0v) is 11.5. The average Bonchev–Trinajstić information content (AvgIpc) is 2.63. The minimum absolute atomic E-state index is 0.509. The van der Waals surface area contributed by atoms with Gasteiger partial charge in [-0.05, 0) is 30.7 Å². The standard InChI is InChI=1S/C13H15BrN2O/c1-13(17,9-12-7-8-16(2)15-12)10-3-5-11(14)6-4-10/h3-8,17H,9H2,1-2H3. The number of halogens is 1. The topological polar surface area (TPSA) is 38.0 Å². The molecule has 1 unspecified atom stereocenters. The molecule has 0 spiro atoms. The summed E-state index contributed by atoms with van der Waals surface area (Å²) in [6.07, 6.45) is 2.39. The van der Waals surface area contributed by atoms with Gasteiger partial charge in [-0.3, -0.25) is 4.68 Å². The number of aliphatic hydroxyl groups is 1. The number of aryl methyl sites for hydroxylation is 1. The Bertz CT molecular complexity index is 502. The first-order valence-electron chi connectivity index (χ1n) is 5.44. The Morgan fingerprint density at radius 3 is 2.47 bits per heavy atom. The first-order valence-corrected chi connectivity index (χ1v) is 6.24. The molecule has 2 rings (SSSR count). The lowest BCUT2D eigenvalue weighted by Crippen LogP contribution is -2.24. The van der Waals surface area contributed by atoms with Gasteiger partial charge in [0.05, 0.1) is 11.3 Å². The smallest absolute Gasteiger partial charge is 0.0924 e. The van der Waals surface area contributed by atoms with Crippen LogP contribution in [0.15, 0.2) is 41.0 Å². The van der Waals surface area contributed by atoms with E-state index in [0.717, 1.165) is 15.7 Å². The quantitative estimate of drug-likeness (QED) is 0.945. The van der Waals surface area contributed by atoms with Crippen molar-refractivity contribution in [2.75, 3.05) is 0 Å². The molecule has 1 aromatic carbocycles. The Morgan fingerprint density at radius 2 is 1.94 bits per heavy atom. The van der Waals surface area contributed by atoms with E-state index in [1.807, 2.05) is 50.5 Å². The molecule has 90 valence electrons. The second-order valence-corrected chi connectivity index (χ2v) is 5.35. The zero-order chi connectivity index (χ0) is 12.5. The van der Waals surface area contributed by atoms with E-state index in [0.29, 0.717) is 6.42 Å². The van der Waals surface area contributed by atoms with Gasteiger partial charge in [-0.1, -0.05) is 28.1 Å². The fraction of sp³-hybridized carbons (Fsp3) is 0.308. The predicted octanol–water partition coefficient (Wildman–Crippen LogP) is 2.63. The second kappa shape index (κ2) is 4.63. The van der Waals surface area contributed by atoms with Gasteiger partial charge in [-0.2, -0.15) is 5.10 Å². The van der Waals surface area contributed by atoms with E-state index < -0.39 is 5.60 Å². The molecule has 0 aliphatic carbocycles. The number of rotatable bonds is 3. The third kappa shape index (κ3) is 2.96. The summed E-state index contributed by atoms with van der Waals surface area (Å²) in [4.78, 5) is 0. The normalized spacial score (nSPS) is 14.6. The summed E-state index contributed by atoms with van der Waals surface area (Å²) >= 11 is 3.39. The third-order valence-electron chi connectivity index (χ3n) is 2.76. The number of hydrogen-bond acceptors (Lipinski definition) is 2. The Balaban J connectivity index is 2.21. The van der Waals surface area contributed by atoms with Gasteiger partial charge >= 0.3 is 0 Å². The van der Waals surface area contributed by atoms with E-state index in [1.165, 1.54) is 0 Å². The summed E-state index contributed by atoms with van der Waals surface area (Å²) in [5.74, 6) is 0. The van der Waals surface area contributed by atoms with Crippen molar-refractivity contribution < 1.29 is 5.11 Å². The van der Waals surface area contributed by atoms with Crippen LogP contribution in [0.2, 0.25) is 0 Å². The fourth-order valence-electron chi connectivity index (χ4n) is 1.82. The van der Waals surface area contributed by atoms with Crippen LogP contribution in [0, 0.1) is 0 Å². The lowest BCUT2D eigenvalue weighted by atomic mass is 9.91. The highest BCUT2D eigenvalue weighted by atomic mass is 79.9. The first kappa shape index (κ1) is 12.3. The van der Waals surface area contributed by atoms with Gasteiger partial charge in [0.2, 0.25) is 0 Å². The molecule has 0 bridgehead atoms. The van der Waals surface area contributed by atoms with Crippen molar-refractivity contribution in [2.45, 2.75) is 18.9 Å². The fourth-order valence-corrected chi connectivity index (χ4v) is 2.09. The molecule has 1 N–H and O–H groups in total. The maximum atomic E-state index is 10.5. The molecule has 4 heteroatoms. The van der Waals surface area contributed by atoms with Crippen molar-refractivity contribution in [1.29, 1.82) is 0 Å². The van der Waals surface area contributed by atoms with Crippen LogP contribution in [0.25, 0.3) is 0 Å². The molecule has 0 aliphatic heterocycles. The maximum Gasteiger partial charge on any atom is 0.0924 e. The second-order valence-electron chi connectivity index (χ2n) is 4.44. The molecule has 1 aromatic heterocycles. The van der Waals surface area contributed by atoms with E-state index in [1.54, 1.807) is 4.68 Å². The van der Waals surface area contributed by atoms with Crippen LogP contribution in [-0.4, -0.2) is 14.9 Å². The number of hydrogen-bond donors (Lipinski definition) is 1. The zero-order valence-electron chi connectivity index (χ0n) is 9.89. The Kier molecular flexibility index (Phi) is 3.35. The molecule has 17 heavy (non-hydrogen) atoms. The third-order valence-corrected chi connectivity index (χ3v) is 3.29. The lowest BCUT2D eigenvalue weighted by Gasteiger charge is -2.22. The van der Waals surface area contributed by atoms with Crippen LogP contribution in [0.4, 0.5) is 0 Å². The maximum absolute atomic E-state index is 10.5. The summed E-state index contributed by atoms with van der Waals surface area (Å²) in [5, 5.41) is 14.8. The van der Waals surface area contributed by atoms with E-state index in [-0.39, 0.29) is 0 Å². The summed E-state index contributed by atoms with van der Waals surface area (Å²) in [5.41, 5.74) is 0.890. The highest BCUT2D eigenvalue weighted by molar-refractivity contribution is 9.10. The highest BCUT2D eigenvalue weighted by Crippen LogP contribution is 2.25. The van der Waals surface area contributed by atoms with Crippen molar-refractivity contribution >= 4 is 15.9 Å². The van der Waals surface area contributed by atoms with E-state index >= 15 is 0 Å². The van der Waals surface area contributed by atoms with Gasteiger partial charge in [0.25, 0.3) is 0 Å². The molecule has 1 atom stereocenters. The number of benzene rings is 1. The monoisotopic (exact) mass is 294 g/mol. The largest absolute Gasteiger partial charge is 0.385 e. The van der Waals surface area contributed by atoms with Gasteiger partial charge in [-0.25, -0.2) is 0 Å². The SMILES string of the molecule is Cn1ccc(CC(C)(O)c2ccc(Br)cc2)n1. The average molecular weight is 295 g/mol. The van der Waals surface area contributed by atoms with Crippen LogP contribution in [0.1, 0.15) is 18.2 Å². The molecule has 1 heterocycles. The van der Waals surface area contributed by atoms with Crippen LogP contribution in [0.3, 0.4) is 0 Å². The Labute approximate surface area is 109 Å². The minimum atomic E-state index is -0.894. The molecule has 2 aromatic rings. The van der Waals surface area contributed by atoms with Crippen LogP contribution >= 0.6 is 15.9 Å². The van der Waals surface area contributed by atoms with Crippen LogP contribution in [-0.2, 0) is 19.1 Å². The van der Waals surface area contributed by atoms with Gasteiger partial charge in [0, 0.05) is 24.1 Å². The molecule has 0 saturated heterocycles. The predicted molar refractivity (Wildman–Crippen MR) is 70.6 cm³/mol. The van der Waals surface area contributed by atoms with Gasteiger partial charge in [-0.15, -0.1) is 0 Å². The molecule has 0 radical (unpaired) electrons. The highest BCUT2D eigenvalue weighted by Gasteiger charge is 2.24. The molecule has 0 fully saturated rings. The minimum Gasteiger partial charge on any atom is -0.385 e. The van der Waals surface area contributed by atoms with Gasteiger partial charge in [0.1, 0.15) is 0 Å². The van der Waals surface area contributed by atoms with Gasteiger partial charge < -0.3 is 5.11 Å². The number of aromatic nitrogens is 2. The molecule has 0 aliphatic rings. The molecule has 0 amide bonds. The van der Waals surface area contributed by atoms with E-state index in [2.05, 4.69) is 21.0 Å². The van der Waals surface area contributed by atoms with Crippen molar-refractivity contribution in [1.82, 2.24) is 9.78 Å². The van der Waals surface area contributed by atoms with Crippen LogP contribution < -0.4 is 0 Å². The molecular weight excluding hydrogens is 280 g/mol. The van der Waals surface area contributed by atoms with Gasteiger partial charge in [0.15, 0.2) is 0 Å². The number of nitrogens with zero attached hydrogens (tertiary/aromatic N) is 2.